The van der Waals surface area contributed by atoms with Crippen LogP contribution in [0.1, 0.15) is 5.56 Å². The van der Waals surface area contributed by atoms with Gasteiger partial charge >= 0.3 is 0 Å². The summed E-state index contributed by atoms with van der Waals surface area (Å²) in [6.07, 6.45) is 0. The first kappa shape index (κ1) is 32.9. The van der Waals surface area contributed by atoms with E-state index in [0.717, 1.165) is 39.4 Å². The summed E-state index contributed by atoms with van der Waals surface area (Å²) in [5.41, 5.74) is 14.3. The predicted molar refractivity (Wildman–Crippen MR) is 234 cm³/mol. The maximum Gasteiger partial charge on any atom is 0.0991 e. The molecule has 0 radical (unpaired) electrons. The SMILES string of the molecule is N#Cc1ccc(-c2ccc(N(c3ccc(-c4ccc(-c5ccc6ccccc6c5)cc4)cc3)c3ccc(-n4c5ccccc5c5ccccc54)cc3)cc2)cc1. The number of rotatable bonds is 7. The monoisotopic (exact) mass is 713 g/mol. The van der Waals surface area contributed by atoms with Gasteiger partial charge in [-0.1, -0.05) is 133 Å². The van der Waals surface area contributed by atoms with E-state index in [1.54, 1.807) is 0 Å². The standard InChI is InChI=1S/C53H35N3/c54-36-37-13-15-39(16-14-37)41-23-27-46(28-24-41)55(48-31-33-49(34-32-48)56-52-11-5-3-9-50(52)51-10-4-6-12-53(51)56)47-29-25-42(26-30-47)40-17-19-43(20-18-40)45-22-21-38-7-1-2-8-44(38)35-45/h1-35H. The van der Waals surface area contributed by atoms with Gasteiger partial charge in [-0.25, -0.2) is 0 Å². The molecule has 3 heteroatoms. The van der Waals surface area contributed by atoms with Gasteiger partial charge in [0.2, 0.25) is 0 Å². The summed E-state index contributed by atoms with van der Waals surface area (Å²) in [6.45, 7) is 0. The van der Waals surface area contributed by atoms with Crippen LogP contribution < -0.4 is 4.90 Å². The van der Waals surface area contributed by atoms with Crippen LogP contribution in [0.3, 0.4) is 0 Å². The van der Waals surface area contributed by atoms with Crippen LogP contribution in [0.5, 0.6) is 0 Å². The van der Waals surface area contributed by atoms with Gasteiger partial charge in [-0.05, 0) is 123 Å². The van der Waals surface area contributed by atoms with Crippen LogP contribution >= 0.6 is 0 Å². The zero-order valence-corrected chi connectivity index (χ0v) is 30.5. The highest BCUT2D eigenvalue weighted by atomic mass is 15.1. The highest BCUT2D eigenvalue weighted by molar-refractivity contribution is 6.09. The van der Waals surface area contributed by atoms with E-state index < -0.39 is 0 Å². The van der Waals surface area contributed by atoms with E-state index in [4.69, 9.17) is 0 Å². The first-order valence-electron chi connectivity index (χ1n) is 18.9. The van der Waals surface area contributed by atoms with Gasteiger partial charge in [-0.2, -0.15) is 5.26 Å². The molecule has 0 saturated carbocycles. The van der Waals surface area contributed by atoms with Gasteiger partial charge in [-0.15, -0.1) is 0 Å². The van der Waals surface area contributed by atoms with Crippen LogP contribution in [0.4, 0.5) is 17.1 Å². The van der Waals surface area contributed by atoms with E-state index >= 15 is 0 Å². The van der Waals surface area contributed by atoms with Crippen LogP contribution in [-0.2, 0) is 0 Å². The Kier molecular flexibility index (Phi) is 8.21. The Balaban J connectivity index is 1.00. The van der Waals surface area contributed by atoms with Gasteiger partial charge < -0.3 is 9.47 Å². The molecule has 0 aliphatic rings. The molecule has 56 heavy (non-hydrogen) atoms. The van der Waals surface area contributed by atoms with Crippen molar-refractivity contribution >= 4 is 49.6 Å². The molecular formula is C53H35N3. The molecular weight excluding hydrogens is 679 g/mol. The number of benzene rings is 9. The van der Waals surface area contributed by atoms with Gasteiger partial charge in [0.25, 0.3) is 0 Å². The van der Waals surface area contributed by atoms with Crippen molar-refractivity contribution in [1.29, 1.82) is 5.26 Å². The molecule has 3 nitrogen and oxygen atoms in total. The Morgan fingerprint density at radius 1 is 0.357 bits per heavy atom. The van der Waals surface area contributed by atoms with Crippen molar-refractivity contribution in [3.8, 4) is 45.1 Å². The fourth-order valence-electron chi connectivity index (χ4n) is 7.97. The Bertz CT molecular complexity index is 2990. The highest BCUT2D eigenvalue weighted by Crippen LogP contribution is 2.39. The second kappa shape index (κ2) is 14.0. The van der Waals surface area contributed by atoms with Crippen molar-refractivity contribution in [1.82, 2.24) is 4.57 Å². The highest BCUT2D eigenvalue weighted by Gasteiger charge is 2.16. The number of para-hydroxylation sites is 2. The predicted octanol–water partition coefficient (Wildman–Crippen LogP) is 14.3. The lowest BCUT2D eigenvalue weighted by Crippen LogP contribution is -2.10. The fourth-order valence-corrected chi connectivity index (χ4v) is 7.97. The van der Waals surface area contributed by atoms with E-state index in [1.165, 1.54) is 49.3 Å². The minimum Gasteiger partial charge on any atom is -0.311 e. The summed E-state index contributed by atoms with van der Waals surface area (Å²) in [7, 11) is 0. The Morgan fingerprint density at radius 2 is 0.750 bits per heavy atom. The molecule has 10 aromatic rings. The molecule has 0 spiro atoms. The number of nitriles is 1. The van der Waals surface area contributed by atoms with Crippen LogP contribution in [-0.4, -0.2) is 4.57 Å². The van der Waals surface area contributed by atoms with E-state index in [0.29, 0.717) is 5.56 Å². The van der Waals surface area contributed by atoms with Crippen LogP contribution in [0.15, 0.2) is 212 Å². The summed E-state index contributed by atoms with van der Waals surface area (Å²) in [6, 6.07) is 77.6. The average Bonchev–Trinajstić information content (AvgIpc) is 3.61. The zero-order valence-electron chi connectivity index (χ0n) is 30.5. The first-order valence-corrected chi connectivity index (χ1v) is 18.9. The number of fused-ring (bicyclic) bond motifs is 4. The van der Waals surface area contributed by atoms with Crippen molar-refractivity contribution < 1.29 is 0 Å². The maximum atomic E-state index is 9.29. The van der Waals surface area contributed by atoms with E-state index in [1.807, 2.05) is 24.3 Å². The third kappa shape index (κ3) is 5.97. The van der Waals surface area contributed by atoms with Gasteiger partial charge in [0.1, 0.15) is 0 Å². The minimum atomic E-state index is 0.658. The minimum absolute atomic E-state index is 0.658. The number of hydrogen-bond donors (Lipinski definition) is 0. The second-order valence-corrected chi connectivity index (χ2v) is 14.1. The van der Waals surface area contributed by atoms with Gasteiger partial charge in [0.05, 0.1) is 22.7 Å². The molecule has 9 aromatic carbocycles. The van der Waals surface area contributed by atoms with Crippen molar-refractivity contribution in [3.05, 3.63) is 218 Å². The van der Waals surface area contributed by atoms with E-state index in [2.05, 4.69) is 204 Å². The molecule has 10 rings (SSSR count). The summed E-state index contributed by atoms with van der Waals surface area (Å²) in [4.78, 5) is 2.31. The lowest BCUT2D eigenvalue weighted by atomic mass is 9.98. The molecule has 0 amide bonds. The number of aromatic nitrogens is 1. The summed E-state index contributed by atoms with van der Waals surface area (Å²) in [5.74, 6) is 0. The zero-order chi connectivity index (χ0) is 37.4. The Labute approximate surface area is 326 Å². The van der Waals surface area contributed by atoms with Crippen molar-refractivity contribution in [2.75, 3.05) is 4.90 Å². The molecule has 0 fully saturated rings. The molecule has 0 unspecified atom stereocenters. The van der Waals surface area contributed by atoms with E-state index in [-0.39, 0.29) is 0 Å². The quantitative estimate of drug-likeness (QED) is 0.165. The molecule has 0 aliphatic heterocycles. The first-order chi connectivity index (χ1) is 27.7. The second-order valence-electron chi connectivity index (χ2n) is 14.1. The number of nitrogens with zero attached hydrogens (tertiary/aromatic N) is 3. The molecule has 0 aliphatic carbocycles. The molecule has 0 saturated heterocycles. The van der Waals surface area contributed by atoms with Crippen LogP contribution in [0, 0.1) is 11.3 Å². The normalized spacial score (nSPS) is 11.2. The summed E-state index contributed by atoms with van der Waals surface area (Å²) >= 11 is 0. The Morgan fingerprint density at radius 3 is 1.27 bits per heavy atom. The molecule has 1 heterocycles. The van der Waals surface area contributed by atoms with Crippen LogP contribution in [0.2, 0.25) is 0 Å². The molecule has 0 bridgehead atoms. The lowest BCUT2D eigenvalue weighted by Gasteiger charge is -2.26. The third-order valence-corrected chi connectivity index (χ3v) is 10.8. The maximum absolute atomic E-state index is 9.29. The topological polar surface area (TPSA) is 32.0 Å². The molecule has 0 atom stereocenters. The average molecular weight is 714 g/mol. The third-order valence-electron chi connectivity index (χ3n) is 10.8. The smallest absolute Gasteiger partial charge is 0.0991 e. The Hall–Kier alpha value is -7.67. The van der Waals surface area contributed by atoms with Crippen molar-refractivity contribution in [2.24, 2.45) is 0 Å². The number of hydrogen-bond acceptors (Lipinski definition) is 2. The van der Waals surface area contributed by atoms with Gasteiger partial charge in [0, 0.05) is 33.5 Å². The molecule has 1 aromatic heterocycles. The van der Waals surface area contributed by atoms with Crippen molar-refractivity contribution in [3.63, 3.8) is 0 Å². The number of anilines is 3. The molecule has 262 valence electrons. The van der Waals surface area contributed by atoms with E-state index in [9.17, 15) is 5.26 Å². The van der Waals surface area contributed by atoms with Gasteiger partial charge in [-0.3, -0.25) is 0 Å². The summed E-state index contributed by atoms with van der Waals surface area (Å²) in [5, 5.41) is 14.3. The molecule has 0 N–H and O–H groups in total. The fraction of sp³-hybridized carbons (Fsp3) is 0. The van der Waals surface area contributed by atoms with Gasteiger partial charge in [0.15, 0.2) is 0 Å². The summed E-state index contributed by atoms with van der Waals surface area (Å²) < 4.78 is 2.35. The van der Waals surface area contributed by atoms with Crippen LogP contribution in [0.25, 0.3) is 71.6 Å². The lowest BCUT2D eigenvalue weighted by molar-refractivity contribution is 1.17. The largest absolute Gasteiger partial charge is 0.311 e. The van der Waals surface area contributed by atoms with Crippen molar-refractivity contribution in [2.45, 2.75) is 0 Å².